The summed E-state index contributed by atoms with van der Waals surface area (Å²) < 4.78 is 0. The van der Waals surface area contributed by atoms with E-state index < -0.39 is 0 Å². The first-order valence-corrected chi connectivity index (χ1v) is 6.09. The summed E-state index contributed by atoms with van der Waals surface area (Å²) in [5.41, 5.74) is 9.74. The summed E-state index contributed by atoms with van der Waals surface area (Å²) in [5.74, 6) is 0.798. The smallest absolute Gasteiger partial charge is 0.121 e. The number of para-hydroxylation sites is 1. The molecule has 0 saturated carbocycles. The lowest BCUT2D eigenvalue weighted by Gasteiger charge is -2.02. The maximum atomic E-state index is 5.91. The van der Waals surface area contributed by atoms with Crippen LogP contribution in [-0.4, -0.2) is 9.97 Å². The molecule has 2 aromatic carbocycles. The molecule has 3 N–H and O–H groups in total. The predicted octanol–water partition coefficient (Wildman–Crippen LogP) is 3.34. The molecule has 0 aliphatic carbocycles. The summed E-state index contributed by atoms with van der Waals surface area (Å²) >= 11 is 5.91. The Balaban J connectivity index is 2.22. The Morgan fingerprint density at radius 2 is 1.89 bits per heavy atom. The lowest BCUT2D eigenvalue weighted by Crippen LogP contribution is -1.97. The quantitative estimate of drug-likeness (QED) is 0.740. The van der Waals surface area contributed by atoms with E-state index in [1.165, 1.54) is 0 Å². The first-order chi connectivity index (χ1) is 8.78. The summed E-state index contributed by atoms with van der Waals surface area (Å²) in [5, 5.41) is 0.732. The molecule has 0 fully saturated rings. The lowest BCUT2D eigenvalue weighted by atomic mass is 10.0. The minimum absolute atomic E-state index is 0.411. The number of benzene rings is 2. The number of aromatic amines is 1. The highest BCUT2D eigenvalue weighted by Crippen LogP contribution is 2.28. The van der Waals surface area contributed by atoms with Crippen molar-refractivity contribution in [2.24, 2.45) is 5.73 Å². The Morgan fingerprint density at radius 1 is 1.11 bits per heavy atom. The average molecular weight is 258 g/mol. The third kappa shape index (κ3) is 1.88. The third-order valence-corrected chi connectivity index (χ3v) is 3.16. The number of H-pyrrole nitrogens is 1. The molecule has 1 aromatic heterocycles. The van der Waals surface area contributed by atoms with E-state index in [1.807, 2.05) is 42.5 Å². The van der Waals surface area contributed by atoms with Crippen LogP contribution in [0.2, 0.25) is 5.02 Å². The van der Waals surface area contributed by atoms with E-state index in [-0.39, 0.29) is 0 Å². The molecule has 0 saturated heterocycles. The van der Waals surface area contributed by atoms with E-state index in [1.54, 1.807) is 0 Å². The van der Waals surface area contributed by atoms with Gasteiger partial charge >= 0.3 is 0 Å². The molecular formula is C14H12ClN3. The predicted molar refractivity (Wildman–Crippen MR) is 74.4 cm³/mol. The van der Waals surface area contributed by atoms with Crippen LogP contribution in [0.3, 0.4) is 0 Å². The number of nitrogens with one attached hydrogen (secondary N) is 1. The molecule has 3 rings (SSSR count). The topological polar surface area (TPSA) is 54.7 Å². The number of imidazole rings is 1. The molecule has 0 unspecified atom stereocenters. The van der Waals surface area contributed by atoms with Gasteiger partial charge in [-0.05, 0) is 23.8 Å². The van der Waals surface area contributed by atoms with E-state index in [0.29, 0.717) is 6.54 Å². The Morgan fingerprint density at radius 3 is 2.61 bits per heavy atom. The summed E-state index contributed by atoms with van der Waals surface area (Å²) in [7, 11) is 0. The molecule has 0 aliphatic rings. The normalized spacial score (nSPS) is 11.0. The fraction of sp³-hybridized carbons (Fsp3) is 0.0714. The standard InChI is InChI=1S/C14H12ClN3/c15-10-6-4-9(5-7-10)11-2-1-3-12-14(11)18-13(8-16)17-12/h1-7H,8,16H2,(H,17,18). The number of hydrogen-bond acceptors (Lipinski definition) is 2. The molecule has 0 amide bonds. The molecular weight excluding hydrogens is 246 g/mol. The highest BCUT2D eigenvalue weighted by molar-refractivity contribution is 6.30. The van der Waals surface area contributed by atoms with Crippen LogP contribution in [0.4, 0.5) is 0 Å². The van der Waals surface area contributed by atoms with Gasteiger partial charge in [-0.3, -0.25) is 0 Å². The van der Waals surface area contributed by atoms with Gasteiger partial charge in [-0.25, -0.2) is 4.98 Å². The van der Waals surface area contributed by atoms with Crippen molar-refractivity contribution in [3.8, 4) is 11.1 Å². The zero-order valence-electron chi connectivity index (χ0n) is 9.65. The largest absolute Gasteiger partial charge is 0.341 e. The van der Waals surface area contributed by atoms with Crippen LogP contribution in [0, 0.1) is 0 Å². The van der Waals surface area contributed by atoms with Gasteiger partial charge in [0.05, 0.1) is 17.6 Å². The Bertz CT molecular complexity index is 686. The molecule has 0 spiro atoms. The third-order valence-electron chi connectivity index (χ3n) is 2.91. The van der Waals surface area contributed by atoms with Crippen molar-refractivity contribution in [3.05, 3.63) is 53.3 Å². The molecule has 18 heavy (non-hydrogen) atoms. The van der Waals surface area contributed by atoms with Gasteiger partial charge in [0.2, 0.25) is 0 Å². The molecule has 0 aliphatic heterocycles. The van der Waals surface area contributed by atoms with Crippen molar-refractivity contribution in [2.45, 2.75) is 6.54 Å². The van der Waals surface area contributed by atoms with Gasteiger partial charge in [-0.15, -0.1) is 0 Å². The molecule has 0 bridgehead atoms. The van der Waals surface area contributed by atoms with E-state index in [2.05, 4.69) is 9.97 Å². The fourth-order valence-electron chi connectivity index (χ4n) is 2.04. The van der Waals surface area contributed by atoms with Gasteiger partial charge in [0.25, 0.3) is 0 Å². The second-order valence-electron chi connectivity index (χ2n) is 4.10. The van der Waals surface area contributed by atoms with E-state index in [9.17, 15) is 0 Å². The molecule has 0 radical (unpaired) electrons. The van der Waals surface area contributed by atoms with Crippen LogP contribution in [0.15, 0.2) is 42.5 Å². The summed E-state index contributed by atoms with van der Waals surface area (Å²) in [4.78, 5) is 7.72. The lowest BCUT2D eigenvalue weighted by molar-refractivity contribution is 0.959. The van der Waals surface area contributed by atoms with E-state index in [4.69, 9.17) is 17.3 Å². The first kappa shape index (κ1) is 11.3. The van der Waals surface area contributed by atoms with Gasteiger partial charge < -0.3 is 10.7 Å². The van der Waals surface area contributed by atoms with E-state index in [0.717, 1.165) is 33.0 Å². The zero-order chi connectivity index (χ0) is 12.5. The Kier molecular flexibility index (Phi) is 2.78. The monoisotopic (exact) mass is 257 g/mol. The van der Waals surface area contributed by atoms with Crippen LogP contribution in [0.5, 0.6) is 0 Å². The van der Waals surface area contributed by atoms with Crippen molar-refractivity contribution in [1.29, 1.82) is 0 Å². The van der Waals surface area contributed by atoms with E-state index >= 15 is 0 Å². The number of halogens is 1. The zero-order valence-corrected chi connectivity index (χ0v) is 10.4. The van der Waals surface area contributed by atoms with Crippen molar-refractivity contribution >= 4 is 22.6 Å². The van der Waals surface area contributed by atoms with Crippen LogP contribution < -0.4 is 5.73 Å². The highest BCUT2D eigenvalue weighted by Gasteiger charge is 2.08. The number of fused-ring (bicyclic) bond motifs is 1. The summed E-state index contributed by atoms with van der Waals surface area (Å²) in [6.45, 7) is 0.411. The van der Waals surface area contributed by atoms with Gasteiger partial charge in [0.15, 0.2) is 0 Å². The van der Waals surface area contributed by atoms with Gasteiger partial charge in [0.1, 0.15) is 5.82 Å². The molecule has 3 aromatic rings. The van der Waals surface area contributed by atoms with Crippen LogP contribution in [-0.2, 0) is 6.54 Å². The molecule has 1 heterocycles. The number of aromatic nitrogens is 2. The van der Waals surface area contributed by atoms with Crippen molar-refractivity contribution in [3.63, 3.8) is 0 Å². The molecule has 90 valence electrons. The second kappa shape index (κ2) is 4.44. The number of nitrogens with two attached hydrogens (primary N) is 1. The minimum Gasteiger partial charge on any atom is -0.341 e. The average Bonchev–Trinajstić information content (AvgIpc) is 2.82. The van der Waals surface area contributed by atoms with Crippen LogP contribution in [0.25, 0.3) is 22.2 Å². The summed E-state index contributed by atoms with van der Waals surface area (Å²) in [6.07, 6.45) is 0. The maximum absolute atomic E-state index is 5.91. The number of nitrogens with zero attached hydrogens (tertiary/aromatic N) is 1. The molecule has 4 heteroatoms. The van der Waals surface area contributed by atoms with Crippen molar-refractivity contribution in [2.75, 3.05) is 0 Å². The summed E-state index contributed by atoms with van der Waals surface area (Å²) in [6, 6.07) is 13.8. The van der Waals surface area contributed by atoms with Gasteiger partial charge in [-0.2, -0.15) is 0 Å². The SMILES string of the molecule is NCc1nc2c(-c3ccc(Cl)cc3)cccc2[nH]1. The number of rotatable bonds is 2. The number of hydrogen-bond donors (Lipinski definition) is 2. The van der Waals surface area contributed by atoms with Gasteiger partial charge in [0, 0.05) is 10.6 Å². The van der Waals surface area contributed by atoms with Gasteiger partial charge in [-0.1, -0.05) is 35.9 Å². The first-order valence-electron chi connectivity index (χ1n) is 5.71. The second-order valence-corrected chi connectivity index (χ2v) is 4.53. The maximum Gasteiger partial charge on any atom is 0.121 e. The van der Waals surface area contributed by atoms with Crippen molar-refractivity contribution < 1.29 is 0 Å². The highest BCUT2D eigenvalue weighted by atomic mass is 35.5. The van der Waals surface area contributed by atoms with Crippen LogP contribution >= 0.6 is 11.6 Å². The van der Waals surface area contributed by atoms with Crippen molar-refractivity contribution in [1.82, 2.24) is 9.97 Å². The fourth-order valence-corrected chi connectivity index (χ4v) is 2.17. The minimum atomic E-state index is 0.411. The Hall–Kier alpha value is -1.84. The molecule has 0 atom stereocenters. The van der Waals surface area contributed by atoms with Crippen LogP contribution in [0.1, 0.15) is 5.82 Å². The Labute approximate surface area is 110 Å². The molecule has 3 nitrogen and oxygen atoms in total.